The third-order valence-electron chi connectivity index (χ3n) is 5.13. The van der Waals surface area contributed by atoms with Crippen molar-refractivity contribution in [1.82, 2.24) is 15.1 Å². The minimum Gasteiger partial charge on any atom is -0.342 e. The van der Waals surface area contributed by atoms with Crippen LogP contribution in [0.2, 0.25) is 0 Å². The Labute approximate surface area is 120 Å². The van der Waals surface area contributed by atoms with Gasteiger partial charge in [-0.15, -0.1) is 0 Å². The zero-order chi connectivity index (χ0) is 14.2. The largest absolute Gasteiger partial charge is 0.342 e. The Morgan fingerprint density at radius 2 is 1.90 bits per heavy atom. The molecule has 2 heterocycles. The van der Waals surface area contributed by atoms with Crippen LogP contribution in [0.3, 0.4) is 0 Å². The SMILES string of the molecule is CN1CCCC(N2CCC(=O)NC3(CCCC3)C2=O)C1. The topological polar surface area (TPSA) is 52.6 Å². The molecule has 3 rings (SSSR count). The fraction of sp³-hybridized carbons (Fsp3) is 0.867. The molecule has 1 aliphatic carbocycles. The number of hydrogen-bond donors (Lipinski definition) is 1. The maximum Gasteiger partial charge on any atom is 0.248 e. The van der Waals surface area contributed by atoms with E-state index in [0.29, 0.717) is 13.0 Å². The maximum atomic E-state index is 13.0. The van der Waals surface area contributed by atoms with Crippen molar-refractivity contribution >= 4 is 11.8 Å². The summed E-state index contributed by atoms with van der Waals surface area (Å²) in [5.74, 6) is 0.230. The number of nitrogens with one attached hydrogen (secondary N) is 1. The molecule has 0 bridgehead atoms. The number of likely N-dealkylation sites (tertiary alicyclic amines) is 1. The highest BCUT2D eigenvalue weighted by Crippen LogP contribution is 2.34. The van der Waals surface area contributed by atoms with Crippen LogP contribution in [0.15, 0.2) is 0 Å². The molecular formula is C15H25N3O2. The summed E-state index contributed by atoms with van der Waals surface area (Å²) in [4.78, 5) is 29.3. The van der Waals surface area contributed by atoms with Gasteiger partial charge in [-0.2, -0.15) is 0 Å². The molecule has 0 aromatic rings. The van der Waals surface area contributed by atoms with Gasteiger partial charge in [-0.25, -0.2) is 0 Å². The van der Waals surface area contributed by atoms with Crippen molar-refractivity contribution < 1.29 is 9.59 Å². The highest BCUT2D eigenvalue weighted by atomic mass is 16.2. The van der Waals surface area contributed by atoms with E-state index in [2.05, 4.69) is 17.3 Å². The molecule has 2 amide bonds. The Hall–Kier alpha value is -1.10. The van der Waals surface area contributed by atoms with E-state index < -0.39 is 5.54 Å². The summed E-state index contributed by atoms with van der Waals surface area (Å²) >= 11 is 0. The molecule has 0 aromatic carbocycles. The molecule has 3 fully saturated rings. The summed E-state index contributed by atoms with van der Waals surface area (Å²) in [5, 5.41) is 3.04. The first kappa shape index (κ1) is 13.9. The van der Waals surface area contributed by atoms with Crippen molar-refractivity contribution in [2.45, 2.75) is 56.5 Å². The molecule has 5 nitrogen and oxygen atoms in total. The molecule has 2 saturated heterocycles. The Bertz CT molecular complexity index is 404. The highest BCUT2D eigenvalue weighted by molar-refractivity contribution is 5.94. The van der Waals surface area contributed by atoms with E-state index in [9.17, 15) is 9.59 Å². The molecular weight excluding hydrogens is 254 g/mol. The average Bonchev–Trinajstić information content (AvgIpc) is 2.83. The van der Waals surface area contributed by atoms with Gasteiger partial charge in [0.05, 0.1) is 0 Å². The van der Waals surface area contributed by atoms with Gasteiger partial charge in [-0.05, 0) is 39.3 Å². The van der Waals surface area contributed by atoms with E-state index in [0.717, 1.165) is 51.6 Å². The number of carbonyl (C=O) groups excluding carboxylic acids is 2. The van der Waals surface area contributed by atoms with Crippen LogP contribution in [-0.4, -0.2) is 59.9 Å². The van der Waals surface area contributed by atoms with E-state index in [1.807, 2.05) is 4.90 Å². The van der Waals surface area contributed by atoms with Gasteiger partial charge in [0.2, 0.25) is 11.8 Å². The van der Waals surface area contributed by atoms with Crippen LogP contribution >= 0.6 is 0 Å². The number of rotatable bonds is 1. The first-order valence-corrected chi connectivity index (χ1v) is 7.91. The van der Waals surface area contributed by atoms with Crippen LogP contribution in [0.5, 0.6) is 0 Å². The summed E-state index contributed by atoms with van der Waals surface area (Å²) in [5.41, 5.74) is -0.580. The van der Waals surface area contributed by atoms with Crippen molar-refractivity contribution in [3.63, 3.8) is 0 Å². The fourth-order valence-electron chi connectivity index (χ4n) is 4.04. The molecule has 1 N–H and O–H groups in total. The fourth-order valence-corrected chi connectivity index (χ4v) is 4.04. The second-order valence-corrected chi connectivity index (χ2v) is 6.64. The van der Waals surface area contributed by atoms with Gasteiger partial charge >= 0.3 is 0 Å². The zero-order valence-electron chi connectivity index (χ0n) is 12.4. The molecule has 5 heteroatoms. The van der Waals surface area contributed by atoms with Crippen LogP contribution in [0.1, 0.15) is 44.9 Å². The second kappa shape index (κ2) is 5.35. The minimum absolute atomic E-state index is 0.0481. The third kappa shape index (κ3) is 2.43. The smallest absolute Gasteiger partial charge is 0.248 e. The number of likely N-dealkylation sites (N-methyl/N-ethyl adjacent to an activating group) is 1. The zero-order valence-corrected chi connectivity index (χ0v) is 12.4. The normalized spacial score (nSPS) is 31.4. The Morgan fingerprint density at radius 3 is 2.60 bits per heavy atom. The Kier molecular flexibility index (Phi) is 3.71. The number of hydrogen-bond acceptors (Lipinski definition) is 3. The maximum absolute atomic E-state index is 13.0. The van der Waals surface area contributed by atoms with Crippen molar-refractivity contribution in [2.75, 3.05) is 26.7 Å². The van der Waals surface area contributed by atoms with E-state index in [4.69, 9.17) is 0 Å². The van der Waals surface area contributed by atoms with Gasteiger partial charge in [0.15, 0.2) is 0 Å². The van der Waals surface area contributed by atoms with E-state index >= 15 is 0 Å². The molecule has 20 heavy (non-hydrogen) atoms. The second-order valence-electron chi connectivity index (χ2n) is 6.64. The van der Waals surface area contributed by atoms with Gasteiger partial charge in [0.25, 0.3) is 0 Å². The van der Waals surface area contributed by atoms with Crippen molar-refractivity contribution in [2.24, 2.45) is 0 Å². The van der Waals surface area contributed by atoms with Crippen LogP contribution in [0.25, 0.3) is 0 Å². The first-order valence-electron chi connectivity index (χ1n) is 7.91. The van der Waals surface area contributed by atoms with Crippen LogP contribution in [-0.2, 0) is 9.59 Å². The summed E-state index contributed by atoms with van der Waals surface area (Å²) in [6.07, 6.45) is 6.38. The van der Waals surface area contributed by atoms with E-state index in [1.165, 1.54) is 0 Å². The monoisotopic (exact) mass is 279 g/mol. The van der Waals surface area contributed by atoms with Crippen molar-refractivity contribution in [1.29, 1.82) is 0 Å². The summed E-state index contributed by atoms with van der Waals surface area (Å²) in [6.45, 7) is 2.64. The predicted octanol–water partition coefficient (Wildman–Crippen LogP) is 0.742. The minimum atomic E-state index is -0.580. The van der Waals surface area contributed by atoms with Crippen LogP contribution in [0, 0.1) is 0 Å². The predicted molar refractivity (Wildman–Crippen MR) is 76.2 cm³/mol. The Morgan fingerprint density at radius 1 is 1.15 bits per heavy atom. The van der Waals surface area contributed by atoms with Gasteiger partial charge in [-0.3, -0.25) is 9.59 Å². The molecule has 112 valence electrons. The molecule has 0 aromatic heterocycles. The molecule has 1 atom stereocenters. The first-order chi connectivity index (χ1) is 9.61. The number of nitrogens with zero attached hydrogens (tertiary/aromatic N) is 2. The lowest BCUT2D eigenvalue weighted by Crippen LogP contribution is -2.59. The standard InChI is InChI=1S/C15H25N3O2/c1-17-9-4-5-12(11-17)18-10-6-13(19)16-15(14(18)20)7-2-3-8-15/h12H,2-11H2,1H3,(H,16,19). The highest BCUT2D eigenvalue weighted by Gasteiger charge is 2.47. The number of carbonyl (C=O) groups is 2. The molecule has 1 saturated carbocycles. The molecule has 2 aliphatic heterocycles. The van der Waals surface area contributed by atoms with Crippen LogP contribution < -0.4 is 5.32 Å². The molecule has 0 radical (unpaired) electrons. The molecule has 1 spiro atoms. The van der Waals surface area contributed by atoms with Crippen molar-refractivity contribution in [3.05, 3.63) is 0 Å². The van der Waals surface area contributed by atoms with Crippen LogP contribution in [0.4, 0.5) is 0 Å². The summed E-state index contributed by atoms with van der Waals surface area (Å²) in [6, 6.07) is 0.284. The summed E-state index contributed by atoms with van der Waals surface area (Å²) < 4.78 is 0. The lowest BCUT2D eigenvalue weighted by atomic mass is 9.94. The Balaban J connectivity index is 1.82. The van der Waals surface area contributed by atoms with Gasteiger partial charge in [0, 0.05) is 25.6 Å². The summed E-state index contributed by atoms with van der Waals surface area (Å²) in [7, 11) is 2.11. The molecule has 3 aliphatic rings. The van der Waals surface area contributed by atoms with E-state index in [-0.39, 0.29) is 17.9 Å². The molecule has 1 unspecified atom stereocenters. The van der Waals surface area contributed by atoms with Gasteiger partial charge in [-0.1, -0.05) is 12.8 Å². The lowest BCUT2D eigenvalue weighted by Gasteiger charge is -2.40. The lowest BCUT2D eigenvalue weighted by molar-refractivity contribution is -0.141. The van der Waals surface area contributed by atoms with Gasteiger partial charge in [0.1, 0.15) is 5.54 Å². The van der Waals surface area contributed by atoms with Gasteiger partial charge < -0.3 is 15.1 Å². The quantitative estimate of drug-likeness (QED) is 0.770. The van der Waals surface area contributed by atoms with E-state index in [1.54, 1.807) is 0 Å². The number of amides is 2. The average molecular weight is 279 g/mol. The third-order valence-corrected chi connectivity index (χ3v) is 5.13. The van der Waals surface area contributed by atoms with Crippen molar-refractivity contribution in [3.8, 4) is 0 Å². The number of piperidine rings is 1.